The number of thioether (sulfide) groups is 1. The van der Waals surface area contributed by atoms with Crippen molar-refractivity contribution in [3.8, 4) is 6.19 Å². The molecule has 0 atom stereocenters. The highest BCUT2D eigenvalue weighted by Gasteiger charge is 2.00. The molecule has 0 aromatic carbocycles. The fourth-order valence-electron chi connectivity index (χ4n) is 0.355. The minimum atomic E-state index is -2.46. The van der Waals surface area contributed by atoms with E-state index in [9.17, 15) is 8.78 Å². The first-order chi connectivity index (χ1) is 5.20. The van der Waals surface area contributed by atoms with Crippen LogP contribution in [0.1, 0.15) is 0 Å². The molecular weight excluding hydrogens is 172 g/mol. The molecule has 0 aliphatic heterocycles. The lowest BCUT2D eigenvalue weighted by Gasteiger charge is -1.97. The summed E-state index contributed by atoms with van der Waals surface area (Å²) >= 11 is 1.12. The standard InChI is InChI=1S/C5H7F2N3S/c1-11-5(10-3-8)9-2-4(6)7/h4H,2H2,1H3,(H,9,10). The van der Waals surface area contributed by atoms with Gasteiger partial charge in [0.2, 0.25) is 0 Å². The summed E-state index contributed by atoms with van der Waals surface area (Å²) < 4.78 is 23.1. The predicted octanol–water partition coefficient (Wildman–Crippen LogP) is 1.04. The maximum absolute atomic E-state index is 11.5. The molecule has 0 saturated carbocycles. The van der Waals surface area contributed by atoms with E-state index in [1.54, 1.807) is 12.4 Å². The van der Waals surface area contributed by atoms with E-state index >= 15 is 0 Å². The molecule has 0 radical (unpaired) electrons. The number of aliphatic imine (C=N–C) groups is 1. The van der Waals surface area contributed by atoms with Gasteiger partial charge in [0, 0.05) is 0 Å². The second-order valence-corrected chi connectivity index (χ2v) is 2.27. The van der Waals surface area contributed by atoms with Crippen LogP contribution in [-0.4, -0.2) is 24.4 Å². The van der Waals surface area contributed by atoms with E-state index in [1.807, 2.05) is 0 Å². The number of nitrogens with one attached hydrogen (secondary N) is 1. The molecule has 0 rings (SSSR count). The van der Waals surface area contributed by atoms with Crippen molar-refractivity contribution in [2.24, 2.45) is 4.99 Å². The summed E-state index contributed by atoms with van der Waals surface area (Å²) in [5.74, 6) is 0. The molecule has 1 N–H and O–H groups in total. The molecule has 0 aliphatic carbocycles. The van der Waals surface area contributed by atoms with E-state index in [1.165, 1.54) is 0 Å². The Morgan fingerprint density at radius 1 is 1.82 bits per heavy atom. The average Bonchev–Trinajstić information content (AvgIpc) is 1.97. The second kappa shape index (κ2) is 5.92. The van der Waals surface area contributed by atoms with Crippen LogP contribution in [0.3, 0.4) is 0 Å². The molecule has 0 aromatic rings. The van der Waals surface area contributed by atoms with Gasteiger partial charge in [0.05, 0.1) is 0 Å². The summed E-state index contributed by atoms with van der Waals surface area (Å²) in [6.07, 6.45) is 0.783. The minimum absolute atomic E-state index is 0.216. The number of rotatable bonds is 2. The van der Waals surface area contributed by atoms with Crippen LogP contribution in [-0.2, 0) is 0 Å². The summed E-state index contributed by atoms with van der Waals surface area (Å²) in [5.41, 5.74) is 0. The van der Waals surface area contributed by atoms with Gasteiger partial charge in [0.1, 0.15) is 6.54 Å². The Balaban J connectivity index is 3.82. The van der Waals surface area contributed by atoms with E-state index < -0.39 is 13.0 Å². The molecule has 0 amide bonds. The number of alkyl halides is 2. The third-order valence-electron chi connectivity index (χ3n) is 0.729. The highest BCUT2D eigenvalue weighted by atomic mass is 32.2. The summed E-state index contributed by atoms with van der Waals surface area (Å²) in [4.78, 5) is 3.43. The molecule has 11 heavy (non-hydrogen) atoms. The lowest BCUT2D eigenvalue weighted by Crippen LogP contribution is -2.14. The summed E-state index contributed by atoms with van der Waals surface area (Å²) in [7, 11) is 0. The largest absolute Gasteiger partial charge is 0.272 e. The average molecular weight is 179 g/mol. The number of nitrogens with zero attached hydrogens (tertiary/aromatic N) is 2. The van der Waals surface area contributed by atoms with Crippen molar-refractivity contribution < 1.29 is 8.78 Å². The fourth-order valence-corrected chi connectivity index (χ4v) is 0.706. The van der Waals surface area contributed by atoms with Crippen LogP contribution < -0.4 is 5.32 Å². The summed E-state index contributed by atoms with van der Waals surface area (Å²) in [6, 6.07) is 0. The van der Waals surface area contributed by atoms with Gasteiger partial charge in [0.15, 0.2) is 11.4 Å². The van der Waals surface area contributed by atoms with Crippen molar-refractivity contribution in [1.29, 1.82) is 5.26 Å². The van der Waals surface area contributed by atoms with Crippen LogP contribution in [0.15, 0.2) is 4.99 Å². The summed E-state index contributed by atoms with van der Waals surface area (Å²) in [5, 5.41) is 10.5. The Morgan fingerprint density at radius 2 is 2.45 bits per heavy atom. The molecule has 62 valence electrons. The van der Waals surface area contributed by atoms with Crippen molar-refractivity contribution in [3.05, 3.63) is 0 Å². The zero-order chi connectivity index (χ0) is 8.69. The van der Waals surface area contributed by atoms with Gasteiger partial charge < -0.3 is 0 Å². The number of halogens is 2. The lowest BCUT2D eigenvalue weighted by molar-refractivity contribution is 0.159. The van der Waals surface area contributed by atoms with Crippen molar-refractivity contribution in [3.63, 3.8) is 0 Å². The van der Waals surface area contributed by atoms with E-state index in [4.69, 9.17) is 5.26 Å². The van der Waals surface area contributed by atoms with Crippen molar-refractivity contribution >= 4 is 16.9 Å². The van der Waals surface area contributed by atoms with E-state index in [0.717, 1.165) is 11.8 Å². The number of nitriles is 1. The molecule has 0 aromatic heterocycles. The zero-order valence-corrected chi connectivity index (χ0v) is 6.66. The Labute approximate surface area is 67.5 Å². The van der Waals surface area contributed by atoms with Crippen LogP contribution >= 0.6 is 11.8 Å². The van der Waals surface area contributed by atoms with Gasteiger partial charge in [0.25, 0.3) is 6.43 Å². The topological polar surface area (TPSA) is 48.2 Å². The Kier molecular flexibility index (Phi) is 5.47. The van der Waals surface area contributed by atoms with E-state index in [2.05, 4.69) is 10.3 Å². The minimum Gasteiger partial charge on any atom is -0.272 e. The van der Waals surface area contributed by atoms with Crippen LogP contribution in [0, 0.1) is 11.5 Å². The quantitative estimate of drug-likeness (QED) is 0.298. The number of amidine groups is 1. The zero-order valence-electron chi connectivity index (χ0n) is 5.84. The van der Waals surface area contributed by atoms with Gasteiger partial charge in [-0.05, 0) is 6.26 Å². The van der Waals surface area contributed by atoms with Crippen molar-refractivity contribution in [2.45, 2.75) is 6.43 Å². The van der Waals surface area contributed by atoms with E-state index in [-0.39, 0.29) is 5.17 Å². The monoisotopic (exact) mass is 179 g/mol. The molecule has 0 fully saturated rings. The molecule has 6 heteroatoms. The summed E-state index contributed by atoms with van der Waals surface area (Å²) in [6.45, 7) is -0.565. The third-order valence-corrected chi connectivity index (χ3v) is 1.35. The lowest BCUT2D eigenvalue weighted by atomic mass is 10.7. The maximum atomic E-state index is 11.5. The molecular formula is C5H7F2N3S. The predicted molar refractivity (Wildman–Crippen MR) is 40.6 cm³/mol. The molecule has 0 unspecified atom stereocenters. The SMILES string of the molecule is CSC(=NCC(F)F)NC#N. The fraction of sp³-hybridized carbons (Fsp3) is 0.600. The first kappa shape index (κ1) is 10.2. The second-order valence-electron chi connectivity index (χ2n) is 1.48. The molecule has 0 spiro atoms. The molecule has 0 bridgehead atoms. The highest BCUT2D eigenvalue weighted by molar-refractivity contribution is 8.13. The van der Waals surface area contributed by atoms with Gasteiger partial charge >= 0.3 is 0 Å². The van der Waals surface area contributed by atoms with Crippen LogP contribution in [0.5, 0.6) is 0 Å². The maximum Gasteiger partial charge on any atom is 0.257 e. The Hall–Kier alpha value is -0.830. The smallest absolute Gasteiger partial charge is 0.257 e. The third kappa shape index (κ3) is 5.61. The van der Waals surface area contributed by atoms with Gasteiger partial charge in [-0.1, -0.05) is 11.8 Å². The van der Waals surface area contributed by atoms with Crippen LogP contribution in [0.25, 0.3) is 0 Å². The molecule has 3 nitrogen and oxygen atoms in total. The van der Waals surface area contributed by atoms with Gasteiger partial charge in [-0.15, -0.1) is 0 Å². The van der Waals surface area contributed by atoms with Crippen molar-refractivity contribution in [2.75, 3.05) is 12.8 Å². The van der Waals surface area contributed by atoms with Gasteiger partial charge in [-0.25, -0.2) is 8.78 Å². The molecule has 0 heterocycles. The molecule has 0 aliphatic rings. The van der Waals surface area contributed by atoms with Gasteiger partial charge in [-0.3, -0.25) is 10.3 Å². The number of hydrogen-bond acceptors (Lipinski definition) is 3. The first-order valence-corrected chi connectivity index (χ1v) is 3.95. The van der Waals surface area contributed by atoms with Crippen molar-refractivity contribution in [1.82, 2.24) is 5.32 Å². The van der Waals surface area contributed by atoms with E-state index in [0.29, 0.717) is 0 Å². The Bertz CT molecular complexity index is 175. The van der Waals surface area contributed by atoms with Crippen LogP contribution in [0.2, 0.25) is 0 Å². The number of hydrogen-bond donors (Lipinski definition) is 1. The first-order valence-electron chi connectivity index (χ1n) is 2.72. The Morgan fingerprint density at radius 3 is 2.82 bits per heavy atom. The highest BCUT2D eigenvalue weighted by Crippen LogP contribution is 1.97. The van der Waals surface area contributed by atoms with Gasteiger partial charge in [-0.2, -0.15) is 5.26 Å². The molecule has 0 saturated heterocycles. The van der Waals surface area contributed by atoms with Crippen LogP contribution in [0.4, 0.5) is 8.78 Å². The normalized spacial score (nSPS) is 11.4.